The van der Waals surface area contributed by atoms with Gasteiger partial charge in [0.2, 0.25) is 5.91 Å². The molecule has 6 nitrogen and oxygen atoms in total. The summed E-state index contributed by atoms with van der Waals surface area (Å²) in [6.07, 6.45) is 9.81. The number of carbonyl (C=O) groups is 1. The van der Waals surface area contributed by atoms with Gasteiger partial charge in [0, 0.05) is 32.1 Å². The number of hydrogen-bond acceptors (Lipinski definition) is 3. The molecule has 2 aliphatic rings. The van der Waals surface area contributed by atoms with Crippen molar-refractivity contribution in [3.8, 4) is 0 Å². The molecule has 0 aromatic rings. The van der Waals surface area contributed by atoms with Gasteiger partial charge in [-0.1, -0.05) is 25.7 Å². The van der Waals surface area contributed by atoms with Crippen LogP contribution in [0, 0.1) is 5.92 Å². The summed E-state index contributed by atoms with van der Waals surface area (Å²) in [5.41, 5.74) is 0. The van der Waals surface area contributed by atoms with Crippen molar-refractivity contribution in [1.82, 2.24) is 20.9 Å². The van der Waals surface area contributed by atoms with Gasteiger partial charge in [-0.2, -0.15) is 0 Å². The fraction of sp³-hybridized carbons (Fsp3) is 0.895. The van der Waals surface area contributed by atoms with Crippen LogP contribution in [0.4, 0.5) is 0 Å². The molecule has 2 rings (SSSR count). The molecule has 1 aliphatic carbocycles. The number of hydrogen-bond donors (Lipinski definition) is 3. The molecule has 26 heavy (non-hydrogen) atoms. The second-order valence-corrected chi connectivity index (χ2v) is 7.22. The van der Waals surface area contributed by atoms with E-state index in [9.17, 15) is 4.79 Å². The van der Waals surface area contributed by atoms with Crippen LogP contribution in [-0.2, 0) is 4.79 Å². The van der Waals surface area contributed by atoms with Gasteiger partial charge in [-0.05, 0) is 45.7 Å². The SMILES string of the molecule is CCNC(=NCCN1CCCCC1)NCCNC(=O)C1CCCCC1.I. The molecule has 0 unspecified atom stereocenters. The molecule has 1 amide bonds. The van der Waals surface area contributed by atoms with Crippen molar-refractivity contribution < 1.29 is 4.79 Å². The van der Waals surface area contributed by atoms with Crippen molar-refractivity contribution in [2.24, 2.45) is 10.9 Å². The van der Waals surface area contributed by atoms with Crippen LogP contribution in [0.2, 0.25) is 0 Å². The molecule has 1 aliphatic heterocycles. The Kier molecular flexibility index (Phi) is 13.1. The molecular formula is C19H38IN5O. The Bertz CT molecular complexity index is 407. The molecule has 2 fully saturated rings. The second kappa shape index (κ2) is 14.5. The van der Waals surface area contributed by atoms with E-state index in [1.807, 2.05) is 0 Å². The molecule has 1 saturated heterocycles. The van der Waals surface area contributed by atoms with Gasteiger partial charge in [0.25, 0.3) is 0 Å². The number of amides is 1. The number of halogens is 1. The maximum atomic E-state index is 12.1. The largest absolute Gasteiger partial charge is 0.357 e. The molecule has 152 valence electrons. The van der Waals surface area contributed by atoms with Crippen LogP contribution in [0.3, 0.4) is 0 Å². The first-order valence-corrected chi connectivity index (χ1v) is 10.3. The number of carbonyl (C=O) groups excluding carboxylic acids is 1. The van der Waals surface area contributed by atoms with E-state index in [2.05, 4.69) is 32.8 Å². The second-order valence-electron chi connectivity index (χ2n) is 7.22. The predicted octanol–water partition coefficient (Wildman–Crippen LogP) is 2.34. The minimum Gasteiger partial charge on any atom is -0.357 e. The molecule has 3 N–H and O–H groups in total. The van der Waals surface area contributed by atoms with Crippen molar-refractivity contribution in [2.45, 2.75) is 58.3 Å². The van der Waals surface area contributed by atoms with Crippen LogP contribution in [0.15, 0.2) is 4.99 Å². The predicted molar refractivity (Wildman–Crippen MR) is 119 cm³/mol. The molecule has 0 radical (unpaired) electrons. The zero-order valence-electron chi connectivity index (χ0n) is 16.4. The van der Waals surface area contributed by atoms with Gasteiger partial charge in [0.1, 0.15) is 0 Å². The summed E-state index contributed by atoms with van der Waals surface area (Å²) in [6.45, 7) is 8.59. The fourth-order valence-electron chi connectivity index (χ4n) is 3.70. The molecule has 1 saturated carbocycles. The third kappa shape index (κ3) is 9.39. The average molecular weight is 479 g/mol. The summed E-state index contributed by atoms with van der Waals surface area (Å²) in [4.78, 5) is 19.3. The Labute approximate surface area is 176 Å². The quantitative estimate of drug-likeness (QED) is 0.216. The van der Waals surface area contributed by atoms with Crippen molar-refractivity contribution in [3.05, 3.63) is 0 Å². The zero-order valence-corrected chi connectivity index (χ0v) is 18.7. The summed E-state index contributed by atoms with van der Waals surface area (Å²) in [7, 11) is 0. The van der Waals surface area contributed by atoms with Gasteiger partial charge in [0.05, 0.1) is 6.54 Å². The topological polar surface area (TPSA) is 68.8 Å². The third-order valence-corrected chi connectivity index (χ3v) is 5.17. The van der Waals surface area contributed by atoms with Crippen LogP contribution < -0.4 is 16.0 Å². The number of likely N-dealkylation sites (tertiary alicyclic amines) is 1. The molecule has 0 aromatic carbocycles. The van der Waals surface area contributed by atoms with Crippen LogP contribution >= 0.6 is 24.0 Å². The van der Waals surface area contributed by atoms with E-state index in [1.165, 1.54) is 51.6 Å². The van der Waals surface area contributed by atoms with Gasteiger partial charge in [-0.3, -0.25) is 9.79 Å². The molecule has 7 heteroatoms. The maximum absolute atomic E-state index is 12.1. The van der Waals surface area contributed by atoms with E-state index in [0.29, 0.717) is 13.1 Å². The molecule has 0 bridgehead atoms. The van der Waals surface area contributed by atoms with E-state index >= 15 is 0 Å². The fourth-order valence-corrected chi connectivity index (χ4v) is 3.70. The Morgan fingerprint density at radius 2 is 1.62 bits per heavy atom. The van der Waals surface area contributed by atoms with Gasteiger partial charge >= 0.3 is 0 Å². The number of nitrogens with one attached hydrogen (secondary N) is 3. The minimum atomic E-state index is 0. The minimum absolute atomic E-state index is 0. The smallest absolute Gasteiger partial charge is 0.223 e. The maximum Gasteiger partial charge on any atom is 0.223 e. The number of guanidine groups is 1. The normalized spacial score (nSPS) is 19.5. The van der Waals surface area contributed by atoms with Crippen LogP contribution in [0.5, 0.6) is 0 Å². The first-order chi connectivity index (χ1) is 12.3. The summed E-state index contributed by atoms with van der Waals surface area (Å²) in [5.74, 6) is 1.32. The lowest BCUT2D eigenvalue weighted by atomic mass is 9.89. The Morgan fingerprint density at radius 1 is 0.962 bits per heavy atom. The van der Waals surface area contributed by atoms with Crippen molar-refractivity contribution in [1.29, 1.82) is 0 Å². The summed E-state index contributed by atoms with van der Waals surface area (Å²) in [6, 6.07) is 0. The Morgan fingerprint density at radius 3 is 2.31 bits per heavy atom. The summed E-state index contributed by atoms with van der Waals surface area (Å²) < 4.78 is 0. The van der Waals surface area contributed by atoms with Crippen molar-refractivity contribution in [3.63, 3.8) is 0 Å². The molecule has 0 atom stereocenters. The highest BCUT2D eigenvalue weighted by Gasteiger charge is 2.20. The summed E-state index contributed by atoms with van der Waals surface area (Å²) >= 11 is 0. The first-order valence-electron chi connectivity index (χ1n) is 10.3. The lowest BCUT2D eigenvalue weighted by Gasteiger charge is -2.25. The number of rotatable bonds is 8. The van der Waals surface area contributed by atoms with Crippen molar-refractivity contribution >= 4 is 35.8 Å². The van der Waals surface area contributed by atoms with E-state index in [0.717, 1.165) is 38.4 Å². The first kappa shape index (κ1) is 23.5. The standard InChI is InChI=1S/C19H37N5O.HI/c1-2-20-19(23-13-16-24-14-7-4-8-15-24)22-12-11-21-18(25)17-9-5-3-6-10-17;/h17H,2-16H2,1H3,(H,21,25)(H2,20,22,23);1H. The molecule has 0 aromatic heterocycles. The van der Waals surface area contributed by atoms with Crippen molar-refractivity contribution in [2.75, 3.05) is 45.8 Å². The van der Waals surface area contributed by atoms with Gasteiger partial charge in [-0.15, -0.1) is 24.0 Å². The Balaban J connectivity index is 0.00000338. The van der Waals surface area contributed by atoms with E-state index < -0.39 is 0 Å². The molecule has 1 heterocycles. The molecule has 0 spiro atoms. The highest BCUT2D eigenvalue weighted by Crippen LogP contribution is 2.23. The van der Waals surface area contributed by atoms with E-state index in [4.69, 9.17) is 0 Å². The number of piperidine rings is 1. The summed E-state index contributed by atoms with van der Waals surface area (Å²) in [5, 5.41) is 9.67. The monoisotopic (exact) mass is 479 g/mol. The molecular weight excluding hydrogens is 441 g/mol. The van der Waals surface area contributed by atoms with Crippen LogP contribution in [0.25, 0.3) is 0 Å². The number of nitrogens with zero attached hydrogens (tertiary/aromatic N) is 2. The average Bonchev–Trinajstić information content (AvgIpc) is 2.66. The van der Waals surface area contributed by atoms with Gasteiger partial charge in [0.15, 0.2) is 5.96 Å². The lowest BCUT2D eigenvalue weighted by Crippen LogP contribution is -2.43. The highest BCUT2D eigenvalue weighted by molar-refractivity contribution is 14.0. The van der Waals surface area contributed by atoms with Gasteiger partial charge < -0.3 is 20.9 Å². The third-order valence-electron chi connectivity index (χ3n) is 5.17. The lowest BCUT2D eigenvalue weighted by molar-refractivity contribution is -0.125. The van der Waals surface area contributed by atoms with Crippen LogP contribution in [0.1, 0.15) is 58.3 Å². The van der Waals surface area contributed by atoms with E-state index in [-0.39, 0.29) is 35.8 Å². The van der Waals surface area contributed by atoms with E-state index in [1.54, 1.807) is 0 Å². The Hall–Kier alpha value is -0.570. The van der Waals surface area contributed by atoms with Gasteiger partial charge in [-0.25, -0.2) is 0 Å². The van der Waals surface area contributed by atoms with Crippen LogP contribution in [-0.4, -0.2) is 62.6 Å². The highest BCUT2D eigenvalue weighted by atomic mass is 127. The number of aliphatic imine (C=N–C) groups is 1. The zero-order chi connectivity index (χ0) is 17.7.